The van der Waals surface area contributed by atoms with Crippen molar-refractivity contribution in [3.63, 3.8) is 0 Å². The first-order chi connectivity index (χ1) is 7.79. The van der Waals surface area contributed by atoms with Gasteiger partial charge in [-0.3, -0.25) is 4.79 Å². The van der Waals surface area contributed by atoms with Crippen molar-refractivity contribution in [3.8, 4) is 6.07 Å². The summed E-state index contributed by atoms with van der Waals surface area (Å²) in [4.78, 5) is 16.3. The molecule has 82 valence electrons. The fraction of sp³-hybridized carbons (Fsp3) is 0.364. The molecule has 0 spiro atoms. The van der Waals surface area contributed by atoms with Crippen LogP contribution >= 0.6 is 11.3 Å². The zero-order valence-corrected chi connectivity index (χ0v) is 9.46. The van der Waals surface area contributed by atoms with Crippen molar-refractivity contribution in [1.29, 1.82) is 5.26 Å². The lowest BCUT2D eigenvalue weighted by molar-refractivity contribution is -0.120. The highest BCUT2D eigenvalue weighted by Gasteiger charge is 2.19. The molecule has 1 aliphatic rings. The number of anilines is 1. The fourth-order valence-corrected chi connectivity index (χ4v) is 2.24. The van der Waals surface area contributed by atoms with Gasteiger partial charge in [-0.15, -0.1) is 0 Å². The summed E-state index contributed by atoms with van der Waals surface area (Å²) in [5.41, 5.74) is 0. The summed E-state index contributed by atoms with van der Waals surface area (Å²) in [6.45, 7) is 0. The van der Waals surface area contributed by atoms with Crippen LogP contribution in [-0.4, -0.2) is 10.9 Å². The second kappa shape index (κ2) is 4.90. The van der Waals surface area contributed by atoms with Crippen molar-refractivity contribution in [3.05, 3.63) is 23.2 Å². The summed E-state index contributed by atoms with van der Waals surface area (Å²) in [6, 6.07) is 1.99. The molecule has 0 fully saturated rings. The Morgan fingerprint density at radius 2 is 2.50 bits per heavy atom. The van der Waals surface area contributed by atoms with E-state index in [4.69, 9.17) is 5.26 Å². The Hall–Kier alpha value is -1.67. The predicted molar refractivity (Wildman–Crippen MR) is 61.9 cm³/mol. The molecule has 4 nitrogen and oxygen atoms in total. The van der Waals surface area contributed by atoms with Gasteiger partial charge >= 0.3 is 0 Å². The number of allylic oxidation sites excluding steroid dienone is 2. The van der Waals surface area contributed by atoms with Gasteiger partial charge in [0.05, 0.1) is 6.20 Å². The number of rotatable bonds is 2. The Morgan fingerprint density at radius 1 is 1.62 bits per heavy atom. The van der Waals surface area contributed by atoms with Gasteiger partial charge in [0.15, 0.2) is 5.13 Å². The van der Waals surface area contributed by atoms with Gasteiger partial charge in [0.1, 0.15) is 10.9 Å². The van der Waals surface area contributed by atoms with E-state index in [1.165, 1.54) is 17.5 Å². The maximum Gasteiger partial charge on any atom is 0.229 e. The number of aromatic nitrogens is 1. The Morgan fingerprint density at radius 3 is 3.12 bits per heavy atom. The van der Waals surface area contributed by atoms with Crippen LogP contribution in [0.25, 0.3) is 0 Å². The number of hydrogen-bond donors (Lipinski definition) is 1. The van der Waals surface area contributed by atoms with Crippen LogP contribution in [0.15, 0.2) is 18.3 Å². The van der Waals surface area contributed by atoms with Gasteiger partial charge in [-0.2, -0.15) is 5.26 Å². The first-order valence-corrected chi connectivity index (χ1v) is 5.93. The lowest BCUT2D eigenvalue weighted by Crippen LogP contribution is -2.23. The first kappa shape index (κ1) is 10.8. The van der Waals surface area contributed by atoms with E-state index in [0.29, 0.717) is 10.0 Å². The first-order valence-electron chi connectivity index (χ1n) is 5.11. The summed E-state index contributed by atoms with van der Waals surface area (Å²) in [5, 5.41) is 11.9. The molecule has 0 radical (unpaired) electrons. The highest BCUT2D eigenvalue weighted by Crippen LogP contribution is 2.22. The van der Waals surface area contributed by atoms with Crippen LogP contribution in [0.5, 0.6) is 0 Å². The fourth-order valence-electron chi connectivity index (χ4n) is 1.62. The quantitative estimate of drug-likeness (QED) is 0.797. The van der Waals surface area contributed by atoms with Crippen LogP contribution in [0, 0.1) is 17.2 Å². The van der Waals surface area contributed by atoms with Gasteiger partial charge in [0.2, 0.25) is 5.91 Å². The molecule has 0 bridgehead atoms. The zero-order valence-electron chi connectivity index (χ0n) is 8.64. The summed E-state index contributed by atoms with van der Waals surface area (Å²) in [7, 11) is 0. The minimum atomic E-state index is 0.00295. The normalized spacial score (nSPS) is 19.1. The number of amides is 1. The van der Waals surface area contributed by atoms with Crippen LogP contribution in [0.2, 0.25) is 0 Å². The second-order valence-corrected chi connectivity index (χ2v) is 4.64. The van der Waals surface area contributed by atoms with Gasteiger partial charge < -0.3 is 5.32 Å². The third-order valence-corrected chi connectivity index (χ3v) is 3.30. The minimum absolute atomic E-state index is 0.00295. The van der Waals surface area contributed by atoms with Crippen molar-refractivity contribution >= 4 is 22.4 Å². The third-order valence-electron chi connectivity index (χ3n) is 2.49. The molecule has 0 aliphatic heterocycles. The molecule has 1 amide bonds. The van der Waals surface area contributed by atoms with Crippen LogP contribution in [-0.2, 0) is 4.79 Å². The second-order valence-electron chi connectivity index (χ2n) is 3.61. The van der Waals surface area contributed by atoms with E-state index in [-0.39, 0.29) is 11.8 Å². The summed E-state index contributed by atoms with van der Waals surface area (Å²) >= 11 is 1.20. The minimum Gasteiger partial charge on any atom is -0.302 e. The van der Waals surface area contributed by atoms with Gasteiger partial charge in [-0.25, -0.2) is 4.98 Å². The maximum atomic E-state index is 11.8. The molecule has 1 N–H and O–H groups in total. The molecule has 1 aromatic rings. The summed E-state index contributed by atoms with van der Waals surface area (Å²) in [6.07, 6.45) is 8.25. The number of nitrogens with one attached hydrogen (secondary N) is 1. The predicted octanol–water partition coefficient (Wildman–Crippen LogP) is 2.31. The molecular weight excluding hydrogens is 222 g/mol. The van der Waals surface area contributed by atoms with E-state index in [2.05, 4.69) is 16.4 Å². The molecule has 16 heavy (non-hydrogen) atoms. The summed E-state index contributed by atoms with van der Waals surface area (Å²) < 4.78 is 0. The summed E-state index contributed by atoms with van der Waals surface area (Å²) in [5.74, 6) is 0.0441. The monoisotopic (exact) mass is 233 g/mol. The van der Waals surface area contributed by atoms with Crippen molar-refractivity contribution in [2.75, 3.05) is 5.32 Å². The lowest BCUT2D eigenvalue weighted by Gasteiger charge is -2.15. The average molecular weight is 233 g/mol. The van der Waals surface area contributed by atoms with E-state index < -0.39 is 0 Å². The number of nitriles is 1. The number of nitrogens with zero attached hydrogens (tertiary/aromatic N) is 2. The van der Waals surface area contributed by atoms with Gasteiger partial charge in [-0.1, -0.05) is 23.5 Å². The molecular formula is C11H11N3OS. The van der Waals surface area contributed by atoms with E-state index >= 15 is 0 Å². The van der Waals surface area contributed by atoms with E-state index in [1.807, 2.05) is 12.1 Å². The Balaban J connectivity index is 1.96. The third kappa shape index (κ3) is 2.47. The topological polar surface area (TPSA) is 65.8 Å². The van der Waals surface area contributed by atoms with E-state index in [0.717, 1.165) is 19.3 Å². The molecule has 1 atom stereocenters. The lowest BCUT2D eigenvalue weighted by atomic mass is 9.94. The number of hydrogen-bond acceptors (Lipinski definition) is 4. The highest BCUT2D eigenvalue weighted by molar-refractivity contribution is 7.16. The average Bonchev–Trinajstić information content (AvgIpc) is 2.78. The number of carbonyl (C=O) groups is 1. The standard InChI is InChI=1S/C11H11N3OS/c12-6-9-7-13-11(16-9)14-10(15)8-4-2-1-3-5-8/h1-2,7-8H,3-5H2,(H,13,14,15)/t8-/m1/s1. The maximum absolute atomic E-state index is 11.8. The Kier molecular flexibility index (Phi) is 3.32. The largest absolute Gasteiger partial charge is 0.302 e. The van der Waals surface area contributed by atoms with Gasteiger partial charge in [-0.05, 0) is 19.3 Å². The van der Waals surface area contributed by atoms with Crippen molar-refractivity contribution in [2.45, 2.75) is 19.3 Å². The number of thiazole rings is 1. The molecule has 1 heterocycles. The molecule has 0 aromatic carbocycles. The van der Waals surface area contributed by atoms with Gasteiger partial charge in [0, 0.05) is 5.92 Å². The molecule has 1 aromatic heterocycles. The number of carbonyl (C=O) groups excluding carboxylic acids is 1. The molecule has 0 saturated heterocycles. The van der Waals surface area contributed by atoms with Crippen LogP contribution in [0.3, 0.4) is 0 Å². The smallest absolute Gasteiger partial charge is 0.229 e. The highest BCUT2D eigenvalue weighted by atomic mass is 32.1. The van der Waals surface area contributed by atoms with Crippen molar-refractivity contribution in [2.24, 2.45) is 5.92 Å². The Labute approximate surface area is 97.6 Å². The van der Waals surface area contributed by atoms with Crippen LogP contribution in [0.1, 0.15) is 24.1 Å². The molecule has 1 aliphatic carbocycles. The van der Waals surface area contributed by atoms with Crippen molar-refractivity contribution < 1.29 is 4.79 Å². The van der Waals surface area contributed by atoms with Crippen LogP contribution < -0.4 is 5.32 Å². The van der Waals surface area contributed by atoms with Gasteiger partial charge in [0.25, 0.3) is 0 Å². The van der Waals surface area contributed by atoms with Crippen molar-refractivity contribution in [1.82, 2.24) is 4.98 Å². The molecule has 0 saturated carbocycles. The Bertz CT molecular complexity index is 458. The van der Waals surface area contributed by atoms with E-state index in [1.54, 1.807) is 0 Å². The zero-order chi connectivity index (χ0) is 11.4. The molecule has 2 rings (SSSR count). The van der Waals surface area contributed by atoms with E-state index in [9.17, 15) is 4.79 Å². The van der Waals surface area contributed by atoms with Crippen LogP contribution in [0.4, 0.5) is 5.13 Å². The molecule has 0 unspecified atom stereocenters. The SMILES string of the molecule is N#Cc1cnc(NC(=O)[C@@H]2CC=CCC2)s1. The molecule has 5 heteroatoms.